The molecule has 3 rings (SSSR count). The Morgan fingerprint density at radius 1 is 1.35 bits per heavy atom. The van der Waals surface area contributed by atoms with E-state index in [1.807, 2.05) is 55.9 Å². The fourth-order valence-corrected chi connectivity index (χ4v) is 3.48. The highest BCUT2D eigenvalue weighted by atomic mass is 32.1. The van der Waals surface area contributed by atoms with Crippen LogP contribution in [0, 0.1) is 13.8 Å². The largest absolute Gasteiger partial charge is 0.492 e. The molecule has 0 saturated carbocycles. The summed E-state index contributed by atoms with van der Waals surface area (Å²) in [7, 11) is 1.89. The Morgan fingerprint density at radius 2 is 2.17 bits per heavy atom. The molecule has 0 spiro atoms. The standard InChI is InChI=1S/C17H19N3O2S/c1-11-5-4-6-13(9-11)22-8-7-18-16(21)15-10-14-12(2)19-20(3)17(14)23-15/h4-6,9-10H,7-8H2,1-3H3,(H,18,21). The number of rotatable bonds is 5. The second-order valence-corrected chi connectivity index (χ2v) is 6.49. The molecule has 1 aromatic carbocycles. The summed E-state index contributed by atoms with van der Waals surface area (Å²) in [5, 5.41) is 8.27. The van der Waals surface area contributed by atoms with Crippen LogP contribution in [0.15, 0.2) is 30.3 Å². The molecule has 0 unspecified atom stereocenters. The second kappa shape index (κ2) is 6.42. The Balaban J connectivity index is 1.55. The van der Waals surface area contributed by atoms with Crippen molar-refractivity contribution in [3.63, 3.8) is 0 Å². The lowest BCUT2D eigenvalue weighted by Gasteiger charge is -2.07. The van der Waals surface area contributed by atoms with Gasteiger partial charge in [-0.05, 0) is 37.6 Å². The van der Waals surface area contributed by atoms with Crippen LogP contribution in [0.3, 0.4) is 0 Å². The van der Waals surface area contributed by atoms with E-state index in [0.717, 1.165) is 27.2 Å². The SMILES string of the molecule is Cc1cccc(OCCNC(=O)c2cc3c(C)nn(C)c3s2)c1. The molecule has 0 atom stereocenters. The molecule has 0 aliphatic heterocycles. The summed E-state index contributed by atoms with van der Waals surface area (Å²) in [6, 6.07) is 9.77. The van der Waals surface area contributed by atoms with Gasteiger partial charge < -0.3 is 10.1 Å². The van der Waals surface area contributed by atoms with Gasteiger partial charge in [-0.3, -0.25) is 9.48 Å². The van der Waals surface area contributed by atoms with E-state index < -0.39 is 0 Å². The molecule has 23 heavy (non-hydrogen) atoms. The van der Waals surface area contributed by atoms with Crippen LogP contribution < -0.4 is 10.1 Å². The zero-order valence-electron chi connectivity index (χ0n) is 13.4. The zero-order valence-corrected chi connectivity index (χ0v) is 14.2. The van der Waals surface area contributed by atoms with Crippen LogP contribution in [0.25, 0.3) is 10.2 Å². The van der Waals surface area contributed by atoms with Gasteiger partial charge in [0.1, 0.15) is 17.2 Å². The minimum atomic E-state index is -0.0709. The number of carbonyl (C=O) groups is 1. The van der Waals surface area contributed by atoms with Crippen LogP contribution in [-0.2, 0) is 7.05 Å². The molecule has 2 aromatic heterocycles. The molecule has 6 heteroatoms. The van der Waals surface area contributed by atoms with Crippen molar-refractivity contribution in [2.45, 2.75) is 13.8 Å². The van der Waals surface area contributed by atoms with Crippen LogP contribution >= 0.6 is 11.3 Å². The molecule has 120 valence electrons. The van der Waals surface area contributed by atoms with E-state index in [0.29, 0.717) is 18.0 Å². The number of amides is 1. The lowest BCUT2D eigenvalue weighted by Crippen LogP contribution is -2.27. The fraction of sp³-hybridized carbons (Fsp3) is 0.294. The molecule has 1 amide bonds. The minimum absolute atomic E-state index is 0.0709. The third-order valence-corrected chi connectivity index (χ3v) is 4.77. The summed E-state index contributed by atoms with van der Waals surface area (Å²) in [6.07, 6.45) is 0. The van der Waals surface area contributed by atoms with Gasteiger partial charge in [0.15, 0.2) is 0 Å². The van der Waals surface area contributed by atoms with E-state index in [1.54, 1.807) is 0 Å². The Bertz CT molecular complexity index is 816. The Labute approximate surface area is 138 Å². The van der Waals surface area contributed by atoms with Gasteiger partial charge >= 0.3 is 0 Å². The van der Waals surface area contributed by atoms with E-state index in [2.05, 4.69) is 10.4 Å². The number of benzene rings is 1. The van der Waals surface area contributed by atoms with E-state index in [4.69, 9.17) is 4.74 Å². The minimum Gasteiger partial charge on any atom is -0.492 e. The first-order valence-electron chi connectivity index (χ1n) is 7.45. The molecule has 0 aliphatic rings. The molecule has 0 radical (unpaired) electrons. The average Bonchev–Trinajstić information content (AvgIpc) is 3.06. The first-order chi connectivity index (χ1) is 11.0. The molecular formula is C17H19N3O2S. The molecule has 1 N–H and O–H groups in total. The highest BCUT2D eigenvalue weighted by molar-refractivity contribution is 7.20. The van der Waals surface area contributed by atoms with Crippen LogP contribution in [0.5, 0.6) is 5.75 Å². The molecule has 0 aliphatic carbocycles. The summed E-state index contributed by atoms with van der Waals surface area (Å²) < 4.78 is 7.44. The van der Waals surface area contributed by atoms with Crippen molar-refractivity contribution in [1.82, 2.24) is 15.1 Å². The number of fused-ring (bicyclic) bond motifs is 1. The van der Waals surface area contributed by atoms with Gasteiger partial charge in [0.05, 0.1) is 17.1 Å². The Hall–Kier alpha value is -2.34. The van der Waals surface area contributed by atoms with Crippen LogP contribution in [0.1, 0.15) is 20.9 Å². The van der Waals surface area contributed by atoms with Crippen LogP contribution in [0.2, 0.25) is 0 Å². The number of carbonyl (C=O) groups excluding carboxylic acids is 1. The van der Waals surface area contributed by atoms with Crippen molar-refractivity contribution in [2.75, 3.05) is 13.2 Å². The number of hydrogen-bond donors (Lipinski definition) is 1. The van der Waals surface area contributed by atoms with E-state index in [1.165, 1.54) is 11.3 Å². The first kappa shape index (κ1) is 15.6. The van der Waals surface area contributed by atoms with Gasteiger partial charge in [-0.1, -0.05) is 12.1 Å². The first-order valence-corrected chi connectivity index (χ1v) is 8.27. The number of aryl methyl sites for hydroxylation is 3. The monoisotopic (exact) mass is 329 g/mol. The summed E-state index contributed by atoms with van der Waals surface area (Å²) in [6.45, 7) is 4.89. The van der Waals surface area contributed by atoms with Gasteiger partial charge in [0, 0.05) is 12.4 Å². The van der Waals surface area contributed by atoms with Gasteiger partial charge in [-0.15, -0.1) is 11.3 Å². The maximum absolute atomic E-state index is 12.2. The summed E-state index contributed by atoms with van der Waals surface area (Å²) in [5.74, 6) is 0.751. The Morgan fingerprint density at radius 3 is 2.91 bits per heavy atom. The lowest BCUT2D eigenvalue weighted by atomic mass is 10.2. The topological polar surface area (TPSA) is 56.1 Å². The lowest BCUT2D eigenvalue weighted by molar-refractivity contribution is 0.0951. The Kier molecular flexibility index (Phi) is 4.34. The zero-order chi connectivity index (χ0) is 16.4. The number of nitrogens with zero attached hydrogens (tertiary/aromatic N) is 2. The molecule has 0 fully saturated rings. The molecule has 0 saturated heterocycles. The molecular weight excluding hydrogens is 310 g/mol. The molecule has 2 heterocycles. The van der Waals surface area contributed by atoms with Crippen molar-refractivity contribution < 1.29 is 9.53 Å². The molecule has 3 aromatic rings. The fourth-order valence-electron chi connectivity index (χ4n) is 2.44. The normalized spacial score (nSPS) is 10.9. The second-order valence-electron chi connectivity index (χ2n) is 5.46. The maximum atomic E-state index is 12.2. The number of nitrogens with one attached hydrogen (secondary N) is 1. The van der Waals surface area contributed by atoms with Gasteiger partial charge in [0.25, 0.3) is 5.91 Å². The molecule has 5 nitrogen and oxygen atoms in total. The van der Waals surface area contributed by atoms with Crippen LogP contribution in [-0.4, -0.2) is 28.8 Å². The summed E-state index contributed by atoms with van der Waals surface area (Å²) in [5.41, 5.74) is 2.10. The van der Waals surface area contributed by atoms with Gasteiger partial charge in [0.2, 0.25) is 0 Å². The van der Waals surface area contributed by atoms with Gasteiger partial charge in [-0.2, -0.15) is 5.10 Å². The number of thiophene rings is 1. The van der Waals surface area contributed by atoms with Crippen molar-refractivity contribution in [2.24, 2.45) is 7.05 Å². The predicted molar refractivity (Wildman–Crippen MR) is 92.3 cm³/mol. The van der Waals surface area contributed by atoms with Crippen molar-refractivity contribution >= 4 is 27.5 Å². The molecule has 0 bridgehead atoms. The van der Waals surface area contributed by atoms with E-state index in [9.17, 15) is 4.79 Å². The van der Waals surface area contributed by atoms with Crippen molar-refractivity contribution in [3.8, 4) is 5.75 Å². The summed E-state index contributed by atoms with van der Waals surface area (Å²) >= 11 is 1.46. The van der Waals surface area contributed by atoms with E-state index >= 15 is 0 Å². The van der Waals surface area contributed by atoms with Crippen LogP contribution in [0.4, 0.5) is 0 Å². The highest BCUT2D eigenvalue weighted by Gasteiger charge is 2.14. The third kappa shape index (κ3) is 3.37. The number of ether oxygens (including phenoxy) is 1. The third-order valence-electron chi connectivity index (χ3n) is 3.57. The number of aromatic nitrogens is 2. The maximum Gasteiger partial charge on any atom is 0.261 e. The average molecular weight is 329 g/mol. The van der Waals surface area contributed by atoms with Gasteiger partial charge in [-0.25, -0.2) is 0 Å². The van der Waals surface area contributed by atoms with Crippen molar-refractivity contribution in [3.05, 3.63) is 46.5 Å². The predicted octanol–water partition coefficient (Wildman–Crippen LogP) is 3.06. The summed E-state index contributed by atoms with van der Waals surface area (Å²) in [4.78, 5) is 13.9. The highest BCUT2D eigenvalue weighted by Crippen LogP contribution is 2.27. The van der Waals surface area contributed by atoms with Crippen molar-refractivity contribution in [1.29, 1.82) is 0 Å². The quantitative estimate of drug-likeness (QED) is 0.732. The van der Waals surface area contributed by atoms with E-state index in [-0.39, 0.29) is 5.91 Å². The smallest absolute Gasteiger partial charge is 0.261 e. The number of hydrogen-bond acceptors (Lipinski definition) is 4.